The SMILES string of the molecule is O=c1[nH]c(CSc2ccc(Cl)cc2)nc2cc(Cl)ccc12. The maximum absolute atomic E-state index is 12.0. The van der Waals surface area contributed by atoms with Gasteiger partial charge in [0.15, 0.2) is 0 Å². The van der Waals surface area contributed by atoms with Gasteiger partial charge in [0.25, 0.3) is 5.56 Å². The van der Waals surface area contributed by atoms with E-state index in [2.05, 4.69) is 9.97 Å². The van der Waals surface area contributed by atoms with Crippen LogP contribution in [0.25, 0.3) is 10.9 Å². The molecule has 0 atom stereocenters. The number of nitrogens with one attached hydrogen (secondary N) is 1. The van der Waals surface area contributed by atoms with Crippen LogP contribution < -0.4 is 5.56 Å². The number of rotatable bonds is 3. The first kappa shape index (κ1) is 14.4. The van der Waals surface area contributed by atoms with Crippen LogP contribution in [0.15, 0.2) is 52.2 Å². The molecule has 0 saturated carbocycles. The monoisotopic (exact) mass is 336 g/mol. The zero-order chi connectivity index (χ0) is 14.8. The third-order valence-corrected chi connectivity index (χ3v) is 4.42. The van der Waals surface area contributed by atoms with E-state index >= 15 is 0 Å². The molecule has 106 valence electrons. The van der Waals surface area contributed by atoms with Crippen LogP contribution >= 0.6 is 35.0 Å². The highest BCUT2D eigenvalue weighted by Gasteiger charge is 2.05. The van der Waals surface area contributed by atoms with Crippen molar-refractivity contribution in [3.8, 4) is 0 Å². The number of benzene rings is 2. The standard InChI is InChI=1S/C15H10Cl2N2OS/c16-9-1-4-11(5-2-9)21-8-14-18-13-7-10(17)3-6-12(13)15(20)19-14/h1-7H,8H2,(H,18,19,20). The Morgan fingerprint density at radius 1 is 1.05 bits per heavy atom. The van der Waals surface area contributed by atoms with Crippen molar-refractivity contribution in [3.05, 3.63) is 68.7 Å². The average molecular weight is 337 g/mol. The smallest absolute Gasteiger partial charge is 0.258 e. The van der Waals surface area contributed by atoms with Crippen molar-refractivity contribution < 1.29 is 0 Å². The molecular weight excluding hydrogens is 327 g/mol. The highest BCUT2D eigenvalue weighted by Crippen LogP contribution is 2.23. The van der Waals surface area contributed by atoms with Gasteiger partial charge in [-0.15, -0.1) is 11.8 Å². The molecular formula is C15H10Cl2N2OS. The summed E-state index contributed by atoms with van der Waals surface area (Å²) in [5.41, 5.74) is 0.460. The third kappa shape index (κ3) is 3.40. The van der Waals surface area contributed by atoms with Crippen LogP contribution in [-0.2, 0) is 5.75 Å². The van der Waals surface area contributed by atoms with Gasteiger partial charge in [0.1, 0.15) is 5.82 Å². The number of halogens is 2. The minimum Gasteiger partial charge on any atom is -0.309 e. The van der Waals surface area contributed by atoms with Gasteiger partial charge in [0.2, 0.25) is 0 Å². The van der Waals surface area contributed by atoms with E-state index in [1.54, 1.807) is 30.0 Å². The number of aromatic nitrogens is 2. The molecule has 1 heterocycles. The van der Waals surface area contributed by atoms with E-state index in [1.165, 1.54) is 0 Å². The average Bonchev–Trinajstić information content (AvgIpc) is 2.46. The fourth-order valence-corrected chi connectivity index (χ4v) is 2.97. The molecule has 0 unspecified atom stereocenters. The molecule has 1 N–H and O–H groups in total. The molecule has 0 aliphatic heterocycles. The number of hydrogen-bond acceptors (Lipinski definition) is 3. The lowest BCUT2D eigenvalue weighted by Crippen LogP contribution is -2.11. The molecule has 0 aliphatic carbocycles. The maximum Gasteiger partial charge on any atom is 0.258 e. The molecule has 2 aromatic carbocycles. The number of nitrogens with zero attached hydrogens (tertiary/aromatic N) is 1. The fourth-order valence-electron chi connectivity index (χ4n) is 1.91. The van der Waals surface area contributed by atoms with Crippen molar-refractivity contribution in [3.63, 3.8) is 0 Å². The van der Waals surface area contributed by atoms with Crippen LogP contribution in [-0.4, -0.2) is 9.97 Å². The molecule has 3 aromatic rings. The Kier molecular flexibility index (Phi) is 4.19. The molecule has 0 fully saturated rings. The molecule has 21 heavy (non-hydrogen) atoms. The molecule has 3 rings (SSSR count). The van der Waals surface area contributed by atoms with Crippen LogP contribution in [0.1, 0.15) is 5.82 Å². The topological polar surface area (TPSA) is 45.8 Å². The normalized spacial score (nSPS) is 11.0. The summed E-state index contributed by atoms with van der Waals surface area (Å²) in [6.45, 7) is 0. The maximum atomic E-state index is 12.0. The minimum absolute atomic E-state index is 0.150. The summed E-state index contributed by atoms with van der Waals surface area (Å²) in [6, 6.07) is 12.6. The number of thioether (sulfide) groups is 1. The highest BCUT2D eigenvalue weighted by molar-refractivity contribution is 7.98. The number of fused-ring (bicyclic) bond motifs is 1. The van der Waals surface area contributed by atoms with Crippen LogP contribution in [0.2, 0.25) is 10.0 Å². The Morgan fingerprint density at radius 2 is 1.76 bits per heavy atom. The van der Waals surface area contributed by atoms with E-state index < -0.39 is 0 Å². The Labute approximate surface area is 135 Å². The second-order valence-electron chi connectivity index (χ2n) is 4.42. The zero-order valence-corrected chi connectivity index (χ0v) is 13.1. The molecule has 1 aromatic heterocycles. The summed E-state index contributed by atoms with van der Waals surface area (Å²) >= 11 is 13.4. The van der Waals surface area contributed by atoms with Crippen LogP contribution in [0.4, 0.5) is 0 Å². The number of H-pyrrole nitrogens is 1. The quantitative estimate of drug-likeness (QED) is 0.715. The Balaban J connectivity index is 1.87. The molecule has 0 bridgehead atoms. The van der Waals surface area contributed by atoms with E-state index in [9.17, 15) is 4.79 Å². The Hall–Kier alpha value is -1.49. The van der Waals surface area contributed by atoms with Crippen molar-refractivity contribution in [1.82, 2.24) is 9.97 Å². The largest absolute Gasteiger partial charge is 0.309 e. The highest BCUT2D eigenvalue weighted by atomic mass is 35.5. The van der Waals surface area contributed by atoms with Crippen LogP contribution in [0.5, 0.6) is 0 Å². The lowest BCUT2D eigenvalue weighted by molar-refractivity contribution is 1.04. The fraction of sp³-hybridized carbons (Fsp3) is 0.0667. The van der Waals surface area contributed by atoms with Crippen molar-refractivity contribution in [1.29, 1.82) is 0 Å². The van der Waals surface area contributed by atoms with Gasteiger partial charge in [-0.1, -0.05) is 23.2 Å². The molecule has 0 radical (unpaired) electrons. The Bertz CT molecular complexity index is 846. The van der Waals surface area contributed by atoms with Gasteiger partial charge >= 0.3 is 0 Å². The van der Waals surface area contributed by atoms with Gasteiger partial charge in [-0.05, 0) is 42.5 Å². The summed E-state index contributed by atoms with van der Waals surface area (Å²) in [5, 5.41) is 1.81. The van der Waals surface area contributed by atoms with Gasteiger partial charge in [0, 0.05) is 14.9 Å². The molecule has 0 saturated heterocycles. The van der Waals surface area contributed by atoms with Gasteiger partial charge in [-0.3, -0.25) is 4.79 Å². The third-order valence-electron chi connectivity index (χ3n) is 2.91. The predicted molar refractivity (Wildman–Crippen MR) is 88.4 cm³/mol. The molecule has 3 nitrogen and oxygen atoms in total. The number of aromatic amines is 1. The van der Waals surface area contributed by atoms with Gasteiger partial charge < -0.3 is 4.98 Å². The lowest BCUT2D eigenvalue weighted by atomic mass is 10.2. The van der Waals surface area contributed by atoms with E-state index in [0.29, 0.717) is 32.5 Å². The van der Waals surface area contributed by atoms with E-state index in [4.69, 9.17) is 23.2 Å². The minimum atomic E-state index is -0.150. The molecule has 0 aliphatic rings. The van der Waals surface area contributed by atoms with Crippen LogP contribution in [0.3, 0.4) is 0 Å². The van der Waals surface area contributed by atoms with Gasteiger partial charge in [-0.25, -0.2) is 4.98 Å². The van der Waals surface area contributed by atoms with Crippen LogP contribution in [0, 0.1) is 0 Å². The molecule has 6 heteroatoms. The van der Waals surface area contributed by atoms with E-state index in [-0.39, 0.29) is 5.56 Å². The number of hydrogen-bond donors (Lipinski definition) is 1. The first-order valence-electron chi connectivity index (χ1n) is 6.19. The first-order chi connectivity index (χ1) is 10.1. The second kappa shape index (κ2) is 6.10. The summed E-state index contributed by atoms with van der Waals surface area (Å²) in [7, 11) is 0. The van der Waals surface area contributed by atoms with Crippen molar-refractivity contribution in [2.75, 3.05) is 0 Å². The molecule has 0 amide bonds. The van der Waals surface area contributed by atoms with Gasteiger partial charge in [-0.2, -0.15) is 0 Å². The summed E-state index contributed by atoms with van der Waals surface area (Å²) < 4.78 is 0. The van der Waals surface area contributed by atoms with E-state index in [1.807, 2.05) is 24.3 Å². The van der Waals surface area contributed by atoms with Crippen molar-refractivity contribution in [2.24, 2.45) is 0 Å². The summed E-state index contributed by atoms with van der Waals surface area (Å²) in [4.78, 5) is 20.3. The zero-order valence-electron chi connectivity index (χ0n) is 10.8. The van der Waals surface area contributed by atoms with Crippen molar-refractivity contribution >= 4 is 45.9 Å². The van der Waals surface area contributed by atoms with Crippen molar-refractivity contribution in [2.45, 2.75) is 10.6 Å². The first-order valence-corrected chi connectivity index (χ1v) is 7.93. The second-order valence-corrected chi connectivity index (χ2v) is 6.34. The summed E-state index contributed by atoms with van der Waals surface area (Å²) in [6.07, 6.45) is 0. The van der Waals surface area contributed by atoms with E-state index in [0.717, 1.165) is 4.90 Å². The molecule has 0 spiro atoms. The lowest BCUT2D eigenvalue weighted by Gasteiger charge is -2.04. The summed E-state index contributed by atoms with van der Waals surface area (Å²) in [5.74, 6) is 1.19. The predicted octanol–water partition coefficient (Wildman–Crippen LogP) is 4.52. The Morgan fingerprint density at radius 3 is 2.52 bits per heavy atom. The van der Waals surface area contributed by atoms with Gasteiger partial charge in [0.05, 0.1) is 16.7 Å².